The Hall–Kier alpha value is -3.04. The zero-order valence-corrected chi connectivity index (χ0v) is 15.7. The number of amides is 1. The summed E-state index contributed by atoms with van der Waals surface area (Å²) >= 11 is 0. The Morgan fingerprint density at radius 3 is 2.71 bits per heavy atom. The molecular formula is C22H22N2O4. The van der Waals surface area contributed by atoms with Crippen LogP contribution in [0.4, 0.5) is 0 Å². The molecule has 0 radical (unpaired) electrons. The molecule has 0 unspecified atom stereocenters. The summed E-state index contributed by atoms with van der Waals surface area (Å²) in [6, 6.07) is 16.5. The Bertz CT molecular complexity index is 884. The number of carbonyl (C=O) groups is 1. The second kappa shape index (κ2) is 7.91. The predicted octanol–water partition coefficient (Wildman–Crippen LogP) is 3.08. The molecule has 3 atom stereocenters. The quantitative estimate of drug-likeness (QED) is 0.723. The van der Waals surface area contributed by atoms with E-state index >= 15 is 0 Å². The summed E-state index contributed by atoms with van der Waals surface area (Å²) in [4.78, 5) is 14.7. The number of β-lactam (4-membered cyclic amide) rings is 1. The third kappa shape index (κ3) is 3.54. The number of nitrogens with zero attached hydrogens (tertiary/aromatic N) is 2. The van der Waals surface area contributed by atoms with Crippen LogP contribution in [0.2, 0.25) is 0 Å². The smallest absolute Gasteiger partial charge is 0.266 e. The fourth-order valence-corrected chi connectivity index (χ4v) is 3.78. The zero-order valence-electron chi connectivity index (χ0n) is 15.7. The average molecular weight is 378 g/mol. The van der Waals surface area contributed by atoms with E-state index in [0.717, 1.165) is 30.8 Å². The number of hydrogen-bond acceptors (Lipinski definition) is 5. The fraction of sp³-hybridized carbons (Fsp3) is 0.364. The van der Waals surface area contributed by atoms with Crippen molar-refractivity contribution in [3.8, 4) is 17.6 Å². The Morgan fingerprint density at radius 1 is 1.21 bits per heavy atom. The highest BCUT2D eigenvalue weighted by atomic mass is 16.5. The molecule has 144 valence electrons. The van der Waals surface area contributed by atoms with Crippen LogP contribution in [0.25, 0.3) is 0 Å². The highest BCUT2D eigenvalue weighted by Gasteiger charge is 2.50. The van der Waals surface area contributed by atoms with E-state index in [1.807, 2.05) is 29.2 Å². The van der Waals surface area contributed by atoms with E-state index in [1.165, 1.54) is 0 Å². The number of rotatable bonds is 6. The summed E-state index contributed by atoms with van der Waals surface area (Å²) in [6.07, 6.45) is 1.45. The lowest BCUT2D eigenvalue weighted by Crippen LogP contribution is -2.62. The SMILES string of the molecule is COc1ccc([C@@H]2[C@@H](Oc3cccc(C#N)c3)C(=O)N2C[C@H]2CCCO2)cc1. The van der Waals surface area contributed by atoms with Gasteiger partial charge in [0.05, 0.1) is 24.8 Å². The number of carbonyl (C=O) groups excluding carboxylic acids is 1. The van der Waals surface area contributed by atoms with E-state index in [2.05, 4.69) is 6.07 Å². The summed E-state index contributed by atoms with van der Waals surface area (Å²) in [7, 11) is 1.62. The third-order valence-electron chi connectivity index (χ3n) is 5.26. The number of ether oxygens (including phenoxy) is 3. The van der Waals surface area contributed by atoms with Crippen molar-refractivity contribution in [2.24, 2.45) is 0 Å². The first-order valence-corrected chi connectivity index (χ1v) is 9.42. The van der Waals surface area contributed by atoms with Crippen molar-refractivity contribution in [3.05, 3.63) is 59.7 Å². The van der Waals surface area contributed by atoms with Crippen LogP contribution in [0, 0.1) is 11.3 Å². The molecule has 2 aromatic rings. The van der Waals surface area contributed by atoms with E-state index in [9.17, 15) is 4.79 Å². The third-order valence-corrected chi connectivity index (χ3v) is 5.26. The first-order valence-electron chi connectivity index (χ1n) is 9.42. The number of benzene rings is 2. The summed E-state index contributed by atoms with van der Waals surface area (Å²) in [5.41, 5.74) is 1.49. The second-order valence-corrected chi connectivity index (χ2v) is 7.02. The normalized spacial score (nSPS) is 23.8. The Balaban J connectivity index is 1.57. The minimum atomic E-state index is -0.622. The van der Waals surface area contributed by atoms with Gasteiger partial charge in [0, 0.05) is 13.2 Å². The summed E-state index contributed by atoms with van der Waals surface area (Å²) in [5.74, 6) is 1.23. The molecule has 0 bridgehead atoms. The van der Waals surface area contributed by atoms with Crippen LogP contribution in [0.1, 0.15) is 30.0 Å². The van der Waals surface area contributed by atoms with Crippen molar-refractivity contribution in [1.29, 1.82) is 5.26 Å². The first-order chi connectivity index (χ1) is 13.7. The van der Waals surface area contributed by atoms with Crippen LogP contribution in [0.5, 0.6) is 11.5 Å². The molecule has 2 aliphatic rings. The summed E-state index contributed by atoms with van der Waals surface area (Å²) in [6.45, 7) is 1.31. The predicted molar refractivity (Wildman–Crippen MR) is 102 cm³/mol. The summed E-state index contributed by atoms with van der Waals surface area (Å²) in [5, 5.41) is 9.09. The highest BCUT2D eigenvalue weighted by Crippen LogP contribution is 2.39. The zero-order chi connectivity index (χ0) is 19.5. The number of methoxy groups -OCH3 is 1. The van der Waals surface area contributed by atoms with Gasteiger partial charge >= 0.3 is 0 Å². The number of likely N-dealkylation sites (tertiary alicyclic amines) is 1. The van der Waals surface area contributed by atoms with Crippen molar-refractivity contribution in [3.63, 3.8) is 0 Å². The lowest BCUT2D eigenvalue weighted by molar-refractivity contribution is -0.167. The molecule has 4 rings (SSSR count). The van der Waals surface area contributed by atoms with Crippen molar-refractivity contribution >= 4 is 5.91 Å². The molecule has 0 saturated carbocycles. The minimum Gasteiger partial charge on any atom is -0.497 e. The molecule has 2 heterocycles. The number of hydrogen-bond donors (Lipinski definition) is 0. The number of nitriles is 1. The van der Waals surface area contributed by atoms with Crippen molar-refractivity contribution < 1.29 is 19.0 Å². The molecule has 0 N–H and O–H groups in total. The molecule has 28 heavy (non-hydrogen) atoms. The average Bonchev–Trinajstić information content (AvgIpc) is 3.26. The van der Waals surface area contributed by atoms with E-state index in [-0.39, 0.29) is 18.1 Å². The van der Waals surface area contributed by atoms with Gasteiger partial charge in [-0.3, -0.25) is 4.79 Å². The van der Waals surface area contributed by atoms with Gasteiger partial charge in [-0.15, -0.1) is 0 Å². The largest absolute Gasteiger partial charge is 0.497 e. The van der Waals surface area contributed by atoms with Crippen LogP contribution in [-0.4, -0.2) is 43.3 Å². The molecule has 0 spiro atoms. The van der Waals surface area contributed by atoms with Gasteiger partial charge in [-0.05, 0) is 48.7 Å². The molecule has 1 amide bonds. The maximum atomic E-state index is 12.9. The van der Waals surface area contributed by atoms with Gasteiger partial charge in [0.1, 0.15) is 17.5 Å². The standard InChI is InChI=1S/C22H22N2O4/c1-26-17-9-7-16(8-10-17)20-21(28-18-5-2-4-15(12-18)13-23)22(25)24(20)14-19-6-3-11-27-19/h2,4-5,7-10,12,19-21H,3,6,11,14H2,1H3/t19-,20-,21-/m1/s1. The van der Waals surface area contributed by atoms with Gasteiger partial charge in [0.15, 0.2) is 0 Å². The van der Waals surface area contributed by atoms with Crippen molar-refractivity contribution in [2.75, 3.05) is 20.3 Å². The Kier molecular flexibility index (Phi) is 5.18. The van der Waals surface area contributed by atoms with Crippen molar-refractivity contribution in [1.82, 2.24) is 4.90 Å². The molecule has 2 aliphatic heterocycles. The fourth-order valence-electron chi connectivity index (χ4n) is 3.78. The van der Waals surface area contributed by atoms with E-state index in [0.29, 0.717) is 17.9 Å². The van der Waals surface area contributed by atoms with Crippen LogP contribution in [0.3, 0.4) is 0 Å². The molecular weight excluding hydrogens is 356 g/mol. The second-order valence-electron chi connectivity index (χ2n) is 7.02. The molecule has 6 nitrogen and oxygen atoms in total. The summed E-state index contributed by atoms with van der Waals surface area (Å²) < 4.78 is 17.0. The molecule has 6 heteroatoms. The Morgan fingerprint density at radius 2 is 2.04 bits per heavy atom. The Labute approximate surface area is 164 Å². The van der Waals surface area contributed by atoms with E-state index < -0.39 is 6.10 Å². The van der Waals surface area contributed by atoms with Crippen LogP contribution in [-0.2, 0) is 9.53 Å². The highest BCUT2D eigenvalue weighted by molar-refractivity contribution is 5.89. The van der Waals surface area contributed by atoms with Crippen LogP contribution < -0.4 is 9.47 Å². The molecule has 2 saturated heterocycles. The van der Waals surface area contributed by atoms with Crippen LogP contribution >= 0.6 is 0 Å². The van der Waals surface area contributed by atoms with E-state index in [4.69, 9.17) is 19.5 Å². The molecule has 0 aliphatic carbocycles. The van der Waals surface area contributed by atoms with Gasteiger partial charge in [-0.1, -0.05) is 18.2 Å². The van der Waals surface area contributed by atoms with Gasteiger partial charge < -0.3 is 19.1 Å². The van der Waals surface area contributed by atoms with Gasteiger partial charge in [-0.25, -0.2) is 0 Å². The minimum absolute atomic E-state index is 0.0568. The van der Waals surface area contributed by atoms with E-state index in [1.54, 1.807) is 31.4 Å². The molecule has 2 aromatic carbocycles. The monoisotopic (exact) mass is 378 g/mol. The molecule has 2 fully saturated rings. The van der Waals surface area contributed by atoms with Gasteiger partial charge in [0.2, 0.25) is 6.10 Å². The molecule has 0 aromatic heterocycles. The van der Waals surface area contributed by atoms with Crippen molar-refractivity contribution in [2.45, 2.75) is 31.1 Å². The maximum Gasteiger partial charge on any atom is 0.266 e. The first kappa shape index (κ1) is 18.3. The lowest BCUT2D eigenvalue weighted by Gasteiger charge is -2.47. The van der Waals surface area contributed by atoms with Gasteiger partial charge in [0.25, 0.3) is 5.91 Å². The maximum absolute atomic E-state index is 12.9. The van der Waals surface area contributed by atoms with Gasteiger partial charge in [-0.2, -0.15) is 5.26 Å². The topological polar surface area (TPSA) is 71.8 Å². The van der Waals surface area contributed by atoms with Crippen LogP contribution in [0.15, 0.2) is 48.5 Å². The lowest BCUT2D eigenvalue weighted by atomic mass is 9.89.